The van der Waals surface area contributed by atoms with E-state index >= 15 is 0 Å². The summed E-state index contributed by atoms with van der Waals surface area (Å²) < 4.78 is 0. The van der Waals surface area contributed by atoms with E-state index in [0.717, 1.165) is 32.1 Å². The third-order valence-corrected chi connectivity index (χ3v) is 5.38. The Morgan fingerprint density at radius 1 is 1.10 bits per heavy atom. The van der Waals surface area contributed by atoms with Crippen molar-refractivity contribution >= 4 is 11.9 Å². The van der Waals surface area contributed by atoms with E-state index < -0.39 is 11.9 Å². The number of carboxylic acids is 1. The molecule has 0 aromatic heterocycles. The van der Waals surface area contributed by atoms with Gasteiger partial charge in [-0.15, -0.1) is 0 Å². The van der Waals surface area contributed by atoms with Crippen LogP contribution in [-0.4, -0.2) is 34.0 Å². The van der Waals surface area contributed by atoms with Crippen molar-refractivity contribution in [1.82, 2.24) is 4.90 Å². The van der Waals surface area contributed by atoms with Crippen LogP contribution in [0.5, 0.6) is 0 Å². The lowest BCUT2D eigenvalue weighted by Crippen LogP contribution is -2.45. The van der Waals surface area contributed by atoms with E-state index in [4.69, 9.17) is 0 Å². The summed E-state index contributed by atoms with van der Waals surface area (Å²) in [7, 11) is 0. The zero-order chi connectivity index (χ0) is 14.9. The standard InChI is InChI=1S/C16H27NO3/c1-4-11-8-13(14(9-11)16(19)20)15(18)17-10(3)6-7-12(17)5-2/h10-14H,4-9H2,1-3H3,(H,19,20). The number of hydrogen-bond acceptors (Lipinski definition) is 2. The Morgan fingerprint density at radius 3 is 2.30 bits per heavy atom. The molecule has 1 heterocycles. The van der Waals surface area contributed by atoms with E-state index in [1.807, 2.05) is 4.90 Å². The minimum Gasteiger partial charge on any atom is -0.481 e. The Kier molecular flexibility index (Phi) is 4.71. The highest BCUT2D eigenvalue weighted by Gasteiger charge is 2.46. The first kappa shape index (κ1) is 15.3. The first-order valence-corrected chi connectivity index (χ1v) is 8.04. The van der Waals surface area contributed by atoms with Crippen LogP contribution in [-0.2, 0) is 9.59 Å². The molecule has 0 aromatic rings. The number of carbonyl (C=O) groups excluding carboxylic acids is 1. The van der Waals surface area contributed by atoms with Crippen molar-refractivity contribution in [2.75, 3.05) is 0 Å². The molecule has 20 heavy (non-hydrogen) atoms. The van der Waals surface area contributed by atoms with Gasteiger partial charge in [0, 0.05) is 12.1 Å². The number of amides is 1. The largest absolute Gasteiger partial charge is 0.481 e. The molecule has 4 heteroatoms. The third-order valence-electron chi connectivity index (χ3n) is 5.38. The minimum absolute atomic E-state index is 0.102. The van der Waals surface area contributed by atoms with Crippen LogP contribution in [0.4, 0.5) is 0 Å². The van der Waals surface area contributed by atoms with E-state index in [2.05, 4.69) is 20.8 Å². The van der Waals surface area contributed by atoms with Gasteiger partial charge in [0.2, 0.25) is 5.91 Å². The van der Waals surface area contributed by atoms with Crippen molar-refractivity contribution in [1.29, 1.82) is 0 Å². The van der Waals surface area contributed by atoms with Gasteiger partial charge in [-0.2, -0.15) is 0 Å². The van der Waals surface area contributed by atoms with E-state index in [9.17, 15) is 14.7 Å². The van der Waals surface area contributed by atoms with E-state index in [-0.39, 0.29) is 17.9 Å². The van der Waals surface area contributed by atoms with Crippen LogP contribution >= 0.6 is 0 Å². The molecule has 4 nitrogen and oxygen atoms in total. The zero-order valence-electron chi connectivity index (χ0n) is 12.8. The summed E-state index contributed by atoms with van der Waals surface area (Å²) in [6, 6.07) is 0.579. The van der Waals surface area contributed by atoms with Crippen LogP contribution in [0.1, 0.15) is 59.3 Å². The second-order valence-electron chi connectivity index (χ2n) is 6.53. The molecule has 1 saturated carbocycles. The Hall–Kier alpha value is -1.06. The van der Waals surface area contributed by atoms with Gasteiger partial charge in [-0.25, -0.2) is 0 Å². The lowest BCUT2D eigenvalue weighted by Gasteiger charge is -2.31. The molecule has 2 aliphatic rings. The molecule has 0 radical (unpaired) electrons. The number of aliphatic carboxylic acids is 1. The molecule has 114 valence electrons. The quantitative estimate of drug-likeness (QED) is 0.862. The molecule has 1 saturated heterocycles. The number of carboxylic acid groups (broad SMARTS) is 1. The average molecular weight is 281 g/mol. The van der Waals surface area contributed by atoms with Crippen molar-refractivity contribution in [2.24, 2.45) is 17.8 Å². The van der Waals surface area contributed by atoms with Gasteiger partial charge in [0.05, 0.1) is 11.8 Å². The third kappa shape index (κ3) is 2.70. The Bertz CT molecular complexity index is 382. The minimum atomic E-state index is -0.792. The van der Waals surface area contributed by atoms with E-state index in [1.54, 1.807) is 0 Å². The summed E-state index contributed by atoms with van der Waals surface area (Å²) in [5.41, 5.74) is 0. The van der Waals surface area contributed by atoms with Crippen molar-refractivity contribution < 1.29 is 14.7 Å². The molecular weight excluding hydrogens is 254 g/mol. The Morgan fingerprint density at radius 2 is 1.75 bits per heavy atom. The number of nitrogens with zero attached hydrogens (tertiary/aromatic N) is 1. The van der Waals surface area contributed by atoms with E-state index in [0.29, 0.717) is 18.4 Å². The molecule has 0 spiro atoms. The topological polar surface area (TPSA) is 57.6 Å². The van der Waals surface area contributed by atoms with Gasteiger partial charge in [0.1, 0.15) is 0 Å². The van der Waals surface area contributed by atoms with Crippen molar-refractivity contribution in [3.63, 3.8) is 0 Å². The number of likely N-dealkylation sites (tertiary alicyclic amines) is 1. The van der Waals surface area contributed by atoms with Crippen molar-refractivity contribution in [3.8, 4) is 0 Å². The van der Waals surface area contributed by atoms with Gasteiger partial charge in [-0.1, -0.05) is 20.3 Å². The second kappa shape index (κ2) is 6.15. The number of carbonyl (C=O) groups is 2. The zero-order valence-corrected chi connectivity index (χ0v) is 12.8. The van der Waals surface area contributed by atoms with Crippen LogP contribution in [0.2, 0.25) is 0 Å². The first-order chi connectivity index (χ1) is 9.49. The van der Waals surface area contributed by atoms with Crippen LogP contribution in [0.25, 0.3) is 0 Å². The Balaban J connectivity index is 2.16. The van der Waals surface area contributed by atoms with Gasteiger partial charge in [-0.3, -0.25) is 9.59 Å². The Labute approximate surface area is 121 Å². The molecule has 1 amide bonds. The fraction of sp³-hybridized carbons (Fsp3) is 0.875. The molecule has 1 aliphatic heterocycles. The smallest absolute Gasteiger partial charge is 0.307 e. The highest BCUT2D eigenvalue weighted by atomic mass is 16.4. The molecule has 2 rings (SSSR count). The predicted octanol–water partition coefficient (Wildman–Crippen LogP) is 2.91. The maximum atomic E-state index is 12.9. The normalized spacial score (nSPS) is 37.4. The molecule has 1 aliphatic carbocycles. The summed E-state index contributed by atoms with van der Waals surface area (Å²) in [5, 5.41) is 9.41. The highest BCUT2D eigenvalue weighted by molar-refractivity contribution is 5.86. The number of rotatable bonds is 4. The summed E-state index contributed by atoms with van der Waals surface area (Å²) in [6.07, 6.45) is 5.47. The van der Waals surface area contributed by atoms with Gasteiger partial charge in [0.25, 0.3) is 0 Å². The summed E-state index contributed by atoms with van der Waals surface area (Å²) in [5.74, 6) is -1.07. The predicted molar refractivity (Wildman–Crippen MR) is 77.3 cm³/mol. The van der Waals surface area contributed by atoms with Crippen LogP contribution in [0, 0.1) is 17.8 Å². The fourth-order valence-electron chi connectivity index (χ4n) is 4.08. The van der Waals surface area contributed by atoms with Gasteiger partial charge < -0.3 is 10.0 Å². The molecule has 2 fully saturated rings. The van der Waals surface area contributed by atoms with Crippen LogP contribution in [0.15, 0.2) is 0 Å². The van der Waals surface area contributed by atoms with Crippen molar-refractivity contribution in [2.45, 2.75) is 71.4 Å². The summed E-state index contributed by atoms with van der Waals surface area (Å²) in [4.78, 5) is 26.3. The number of hydrogen-bond donors (Lipinski definition) is 1. The fourth-order valence-corrected chi connectivity index (χ4v) is 4.08. The lowest BCUT2D eigenvalue weighted by molar-refractivity contribution is -0.150. The lowest BCUT2D eigenvalue weighted by atomic mass is 9.94. The molecule has 1 N–H and O–H groups in total. The summed E-state index contributed by atoms with van der Waals surface area (Å²) in [6.45, 7) is 6.29. The van der Waals surface area contributed by atoms with Gasteiger partial charge in [-0.05, 0) is 44.9 Å². The van der Waals surface area contributed by atoms with E-state index in [1.165, 1.54) is 0 Å². The maximum Gasteiger partial charge on any atom is 0.307 e. The molecule has 5 unspecified atom stereocenters. The monoisotopic (exact) mass is 281 g/mol. The average Bonchev–Trinajstić information content (AvgIpc) is 3.01. The highest BCUT2D eigenvalue weighted by Crippen LogP contribution is 2.41. The SMILES string of the molecule is CCC1CC(C(=O)O)C(C(=O)N2C(C)CCC2CC)C1. The molecular formula is C16H27NO3. The van der Waals surface area contributed by atoms with Crippen LogP contribution in [0.3, 0.4) is 0 Å². The van der Waals surface area contributed by atoms with Gasteiger partial charge in [0.15, 0.2) is 0 Å². The maximum absolute atomic E-state index is 12.9. The molecule has 0 bridgehead atoms. The van der Waals surface area contributed by atoms with Crippen LogP contribution < -0.4 is 0 Å². The summed E-state index contributed by atoms with van der Waals surface area (Å²) >= 11 is 0. The van der Waals surface area contributed by atoms with Crippen molar-refractivity contribution in [3.05, 3.63) is 0 Å². The second-order valence-corrected chi connectivity index (χ2v) is 6.53. The molecule has 5 atom stereocenters. The molecule has 0 aromatic carbocycles. The first-order valence-electron chi connectivity index (χ1n) is 8.04. The van der Waals surface area contributed by atoms with Gasteiger partial charge >= 0.3 is 5.97 Å².